The molecular weight excluding hydrogens is 389 g/mol. The minimum absolute atomic E-state index is 0.00384. The van der Waals surface area contributed by atoms with Crippen molar-refractivity contribution >= 4 is 17.5 Å². The van der Waals surface area contributed by atoms with Crippen molar-refractivity contribution in [2.45, 2.75) is 25.7 Å². The van der Waals surface area contributed by atoms with Gasteiger partial charge >= 0.3 is 6.18 Å². The summed E-state index contributed by atoms with van der Waals surface area (Å²) in [5.74, 6) is -0.559. The van der Waals surface area contributed by atoms with Gasteiger partial charge in [0.25, 0.3) is 0 Å². The Morgan fingerprint density at radius 2 is 2.07 bits per heavy atom. The average molecular weight is 406 g/mol. The fourth-order valence-electron chi connectivity index (χ4n) is 2.55. The third kappa shape index (κ3) is 5.08. The highest BCUT2D eigenvalue weighted by atomic mass is 19.4. The monoisotopic (exact) mass is 406 g/mol. The Hall–Kier alpha value is -3.47. The summed E-state index contributed by atoms with van der Waals surface area (Å²) < 4.78 is 40.0. The number of alkyl halides is 3. The predicted octanol–water partition coefficient (Wildman–Crippen LogP) is 2.26. The molecule has 29 heavy (non-hydrogen) atoms. The number of hydrogen-bond donors (Lipinski definition) is 3. The molecule has 0 bridgehead atoms. The molecule has 0 saturated heterocycles. The first-order valence-electron chi connectivity index (χ1n) is 8.41. The van der Waals surface area contributed by atoms with Gasteiger partial charge in [-0.25, -0.2) is 9.97 Å². The van der Waals surface area contributed by atoms with Crippen molar-refractivity contribution in [1.29, 1.82) is 0 Å². The van der Waals surface area contributed by atoms with Crippen LogP contribution in [-0.4, -0.2) is 36.9 Å². The second kappa shape index (κ2) is 7.87. The van der Waals surface area contributed by atoms with Crippen LogP contribution in [-0.2, 0) is 17.5 Å². The van der Waals surface area contributed by atoms with E-state index in [0.717, 1.165) is 23.9 Å². The van der Waals surface area contributed by atoms with Crippen LogP contribution in [0.4, 0.5) is 24.8 Å². The molecule has 3 aromatic rings. The Balaban J connectivity index is 1.84. The Morgan fingerprint density at radius 3 is 2.76 bits per heavy atom. The molecule has 4 N–H and O–H groups in total. The molecule has 0 spiro atoms. The van der Waals surface area contributed by atoms with E-state index in [2.05, 4.69) is 20.4 Å². The number of amides is 1. The highest BCUT2D eigenvalue weighted by molar-refractivity contribution is 5.78. The molecule has 3 heterocycles. The zero-order valence-corrected chi connectivity index (χ0v) is 15.2. The molecule has 0 aliphatic carbocycles. The van der Waals surface area contributed by atoms with Gasteiger partial charge in [-0.3, -0.25) is 9.48 Å². The number of carbonyl (C=O) groups excluding carboxylic acids is 1. The number of carbonyl (C=O) groups is 1. The smallest absolute Gasteiger partial charge is 0.381 e. The van der Waals surface area contributed by atoms with Crippen LogP contribution in [0.3, 0.4) is 0 Å². The number of anilines is 2. The first kappa shape index (κ1) is 20.3. The van der Waals surface area contributed by atoms with Crippen LogP contribution in [0.2, 0.25) is 0 Å². The second-order valence-electron chi connectivity index (χ2n) is 6.34. The average Bonchev–Trinajstić information content (AvgIpc) is 3.09. The number of hydrogen-bond acceptors (Lipinski definition) is 6. The number of primary amides is 1. The minimum atomic E-state index is -4.48. The number of nitrogens with two attached hydrogens (primary N) is 1. The topological polar surface area (TPSA) is 119 Å². The summed E-state index contributed by atoms with van der Waals surface area (Å²) in [5.41, 5.74) is 6.09. The first-order chi connectivity index (χ1) is 13.6. The molecule has 0 fully saturated rings. The van der Waals surface area contributed by atoms with Gasteiger partial charge in [-0.1, -0.05) is 0 Å². The van der Waals surface area contributed by atoms with Crippen LogP contribution >= 0.6 is 0 Å². The number of aryl methyl sites for hydroxylation is 1. The number of pyridine rings is 2. The van der Waals surface area contributed by atoms with Gasteiger partial charge in [-0.05, 0) is 36.8 Å². The van der Waals surface area contributed by atoms with Crippen molar-refractivity contribution in [3.63, 3.8) is 0 Å². The van der Waals surface area contributed by atoms with E-state index >= 15 is 0 Å². The summed E-state index contributed by atoms with van der Waals surface area (Å²) >= 11 is 0. The molecule has 1 unspecified atom stereocenters. The lowest BCUT2D eigenvalue weighted by Gasteiger charge is -2.10. The molecule has 1 atom stereocenters. The normalized spacial score (nSPS) is 12.6. The van der Waals surface area contributed by atoms with E-state index in [9.17, 15) is 23.1 Å². The number of nitrogens with one attached hydrogen (secondary N) is 1. The zero-order valence-electron chi connectivity index (χ0n) is 15.2. The van der Waals surface area contributed by atoms with Crippen LogP contribution < -0.4 is 11.1 Å². The van der Waals surface area contributed by atoms with Gasteiger partial charge in [0.2, 0.25) is 5.91 Å². The summed E-state index contributed by atoms with van der Waals surface area (Å²) in [6.07, 6.45) is -1.73. The fraction of sp³-hybridized carbons (Fsp3) is 0.222. The van der Waals surface area contributed by atoms with Crippen molar-refractivity contribution in [3.05, 3.63) is 54.0 Å². The molecule has 11 heteroatoms. The van der Waals surface area contributed by atoms with Crippen molar-refractivity contribution in [1.82, 2.24) is 19.7 Å². The minimum Gasteiger partial charge on any atom is -0.381 e. The Kier molecular flexibility index (Phi) is 5.50. The lowest BCUT2D eigenvalue weighted by Crippen LogP contribution is -2.32. The number of rotatable bonds is 6. The van der Waals surface area contributed by atoms with E-state index < -0.39 is 23.8 Å². The van der Waals surface area contributed by atoms with Crippen LogP contribution in [0.15, 0.2) is 42.9 Å². The summed E-state index contributed by atoms with van der Waals surface area (Å²) in [6.45, 7) is 1.69. The lowest BCUT2D eigenvalue weighted by atomic mass is 10.1. The molecule has 152 valence electrons. The third-order valence-corrected chi connectivity index (χ3v) is 3.93. The van der Waals surface area contributed by atoms with Gasteiger partial charge in [0.15, 0.2) is 6.10 Å². The van der Waals surface area contributed by atoms with E-state index in [-0.39, 0.29) is 12.4 Å². The molecule has 0 aliphatic rings. The van der Waals surface area contributed by atoms with Crippen molar-refractivity contribution < 1.29 is 23.1 Å². The second-order valence-corrected chi connectivity index (χ2v) is 6.34. The molecular formula is C18H17F3N6O2. The van der Waals surface area contributed by atoms with Crippen LogP contribution in [0.1, 0.15) is 11.1 Å². The third-order valence-electron chi connectivity index (χ3n) is 3.93. The molecule has 3 aromatic heterocycles. The Labute approximate surface area is 163 Å². The number of aliphatic hydroxyl groups is 1. The van der Waals surface area contributed by atoms with Crippen molar-refractivity contribution in [2.75, 3.05) is 5.32 Å². The van der Waals surface area contributed by atoms with E-state index in [1.165, 1.54) is 10.9 Å². The number of aromatic nitrogens is 4. The van der Waals surface area contributed by atoms with Gasteiger partial charge in [-0.2, -0.15) is 18.3 Å². The maximum absolute atomic E-state index is 12.9. The van der Waals surface area contributed by atoms with E-state index in [0.29, 0.717) is 17.1 Å². The Morgan fingerprint density at radius 1 is 1.31 bits per heavy atom. The summed E-state index contributed by atoms with van der Waals surface area (Å²) in [5, 5.41) is 16.4. The molecule has 0 aliphatic heterocycles. The van der Waals surface area contributed by atoms with Gasteiger partial charge in [0, 0.05) is 18.0 Å². The standard InChI is InChI=1S/C18H17F3N6O2/c1-10-4-13(11-7-24-27(8-11)9-14(28)17(22)29)25-16(5-10)26-15-6-12(2-3-23-15)18(19,20)21/h2-8,14,28H,9H2,1H3,(H2,22,29)(H,23,25,26). The summed E-state index contributed by atoms with van der Waals surface area (Å²) in [4.78, 5) is 19.2. The number of nitrogens with zero attached hydrogens (tertiary/aromatic N) is 4. The summed E-state index contributed by atoms with van der Waals surface area (Å²) in [6, 6.07) is 5.20. The predicted molar refractivity (Wildman–Crippen MR) is 97.9 cm³/mol. The summed E-state index contributed by atoms with van der Waals surface area (Å²) in [7, 11) is 0. The van der Waals surface area contributed by atoms with E-state index in [4.69, 9.17) is 5.73 Å². The van der Waals surface area contributed by atoms with Gasteiger partial charge in [-0.15, -0.1) is 0 Å². The van der Waals surface area contributed by atoms with E-state index in [1.54, 1.807) is 25.3 Å². The SMILES string of the molecule is Cc1cc(Nc2cc(C(F)(F)F)ccn2)nc(-c2cnn(CC(O)C(N)=O)c2)c1. The maximum Gasteiger partial charge on any atom is 0.416 e. The van der Waals surface area contributed by atoms with Gasteiger partial charge in [0.05, 0.1) is 24.0 Å². The fourth-order valence-corrected chi connectivity index (χ4v) is 2.55. The lowest BCUT2D eigenvalue weighted by molar-refractivity contribution is -0.137. The number of aliphatic hydroxyl groups excluding tert-OH is 1. The molecule has 0 aromatic carbocycles. The zero-order chi connectivity index (χ0) is 21.2. The quantitative estimate of drug-likeness (QED) is 0.578. The molecule has 3 rings (SSSR count). The largest absolute Gasteiger partial charge is 0.416 e. The molecule has 0 saturated carbocycles. The van der Waals surface area contributed by atoms with Gasteiger partial charge < -0.3 is 16.2 Å². The highest BCUT2D eigenvalue weighted by Gasteiger charge is 2.30. The Bertz CT molecular complexity index is 1030. The maximum atomic E-state index is 12.9. The van der Waals surface area contributed by atoms with Crippen LogP contribution in [0.5, 0.6) is 0 Å². The van der Waals surface area contributed by atoms with Crippen molar-refractivity contribution in [3.8, 4) is 11.3 Å². The first-order valence-corrected chi connectivity index (χ1v) is 8.41. The van der Waals surface area contributed by atoms with Gasteiger partial charge in [0.1, 0.15) is 11.6 Å². The van der Waals surface area contributed by atoms with Crippen LogP contribution in [0, 0.1) is 6.92 Å². The molecule has 8 nitrogen and oxygen atoms in total. The van der Waals surface area contributed by atoms with E-state index in [1.807, 2.05) is 0 Å². The molecule has 0 radical (unpaired) electrons. The van der Waals surface area contributed by atoms with Crippen molar-refractivity contribution in [2.24, 2.45) is 5.73 Å². The number of halogens is 3. The van der Waals surface area contributed by atoms with Crippen LogP contribution in [0.25, 0.3) is 11.3 Å². The molecule has 1 amide bonds. The highest BCUT2D eigenvalue weighted by Crippen LogP contribution is 2.30.